The summed E-state index contributed by atoms with van der Waals surface area (Å²) in [5, 5.41) is 0. The van der Waals surface area contributed by atoms with Gasteiger partial charge in [-0.15, -0.1) is 0 Å². The number of fused-ring (bicyclic) bond motifs is 1. The quantitative estimate of drug-likeness (QED) is 0.716. The predicted molar refractivity (Wildman–Crippen MR) is 96.9 cm³/mol. The van der Waals surface area contributed by atoms with E-state index in [-0.39, 0.29) is 23.8 Å². The Morgan fingerprint density at radius 2 is 1.74 bits per heavy atom. The number of likely N-dealkylation sites (N-methyl/N-ethyl adjacent to an activating group) is 2. The first-order valence-corrected chi connectivity index (χ1v) is 9.35. The number of hydrogen-bond donors (Lipinski definition) is 1. The first-order valence-electron chi connectivity index (χ1n) is 9.35. The van der Waals surface area contributed by atoms with Gasteiger partial charge in [0, 0.05) is 38.4 Å². The largest absolute Gasteiger partial charge is 0.368 e. The van der Waals surface area contributed by atoms with Crippen molar-refractivity contribution in [1.82, 2.24) is 24.7 Å². The average Bonchev–Trinajstić information content (AvgIpc) is 2.83. The van der Waals surface area contributed by atoms with E-state index in [1.807, 2.05) is 0 Å². The highest BCUT2D eigenvalue weighted by molar-refractivity contribution is 6.06. The second-order valence-corrected chi connectivity index (χ2v) is 7.59. The van der Waals surface area contributed by atoms with Crippen molar-refractivity contribution in [2.75, 3.05) is 32.9 Å². The number of anilines is 1. The van der Waals surface area contributed by atoms with E-state index in [1.54, 1.807) is 11.9 Å². The van der Waals surface area contributed by atoms with Gasteiger partial charge in [-0.3, -0.25) is 14.5 Å². The van der Waals surface area contributed by atoms with Crippen molar-refractivity contribution in [3.63, 3.8) is 0 Å². The molecular formula is C18H24N6O3. The van der Waals surface area contributed by atoms with Gasteiger partial charge in [-0.25, -0.2) is 14.8 Å². The topological polar surface area (TPSA) is 113 Å². The van der Waals surface area contributed by atoms with Gasteiger partial charge in [0.2, 0.25) is 5.95 Å². The molecule has 1 aromatic rings. The number of likely N-dealkylation sites (tertiary alicyclic amines) is 1. The molecule has 2 saturated heterocycles. The van der Waals surface area contributed by atoms with Gasteiger partial charge >= 0.3 is 6.03 Å². The summed E-state index contributed by atoms with van der Waals surface area (Å²) >= 11 is 0. The van der Waals surface area contributed by atoms with Gasteiger partial charge in [-0.2, -0.15) is 0 Å². The third-order valence-electron chi connectivity index (χ3n) is 6.20. The molecule has 2 aliphatic heterocycles. The Morgan fingerprint density at radius 1 is 1.07 bits per heavy atom. The molecule has 1 aromatic heterocycles. The fourth-order valence-corrected chi connectivity index (χ4v) is 4.52. The van der Waals surface area contributed by atoms with E-state index in [0.29, 0.717) is 31.6 Å². The fraction of sp³-hybridized carbons (Fsp3) is 0.611. The minimum absolute atomic E-state index is 0.130. The maximum absolute atomic E-state index is 13.1. The Kier molecular flexibility index (Phi) is 4.05. The Bertz CT molecular complexity index is 831. The van der Waals surface area contributed by atoms with E-state index in [0.717, 1.165) is 36.9 Å². The van der Waals surface area contributed by atoms with Crippen molar-refractivity contribution in [1.29, 1.82) is 0 Å². The second-order valence-electron chi connectivity index (χ2n) is 7.59. The molecule has 0 saturated carbocycles. The van der Waals surface area contributed by atoms with Gasteiger partial charge in [0.15, 0.2) is 0 Å². The SMILES string of the molecule is CN1C(=O)N(C)C2(CCN(C(=O)c3nc(N)nc4c3CCCC4)CC2)C1=O. The molecule has 0 radical (unpaired) electrons. The number of urea groups is 1. The first-order chi connectivity index (χ1) is 12.8. The lowest BCUT2D eigenvalue weighted by Gasteiger charge is -2.40. The highest BCUT2D eigenvalue weighted by Gasteiger charge is 2.55. The van der Waals surface area contributed by atoms with E-state index in [2.05, 4.69) is 9.97 Å². The van der Waals surface area contributed by atoms with Crippen molar-refractivity contribution in [3.05, 3.63) is 17.0 Å². The minimum Gasteiger partial charge on any atom is -0.368 e. The molecule has 144 valence electrons. The van der Waals surface area contributed by atoms with Crippen LogP contribution in [0.2, 0.25) is 0 Å². The molecule has 0 bridgehead atoms. The molecule has 0 unspecified atom stereocenters. The molecule has 3 heterocycles. The highest BCUT2D eigenvalue weighted by Crippen LogP contribution is 2.36. The first kappa shape index (κ1) is 17.7. The smallest absolute Gasteiger partial charge is 0.327 e. The number of carbonyl (C=O) groups excluding carboxylic acids is 3. The maximum atomic E-state index is 13.1. The molecule has 27 heavy (non-hydrogen) atoms. The van der Waals surface area contributed by atoms with E-state index in [1.165, 1.54) is 16.8 Å². The Balaban J connectivity index is 1.56. The second kappa shape index (κ2) is 6.17. The van der Waals surface area contributed by atoms with Gasteiger partial charge in [0.25, 0.3) is 11.8 Å². The molecule has 2 N–H and O–H groups in total. The molecule has 4 amide bonds. The van der Waals surface area contributed by atoms with Crippen LogP contribution >= 0.6 is 0 Å². The van der Waals surface area contributed by atoms with Crippen molar-refractivity contribution >= 4 is 23.8 Å². The summed E-state index contributed by atoms with van der Waals surface area (Å²) in [6, 6.07) is -0.294. The molecule has 1 aliphatic carbocycles. The van der Waals surface area contributed by atoms with Crippen molar-refractivity contribution in [2.45, 2.75) is 44.1 Å². The van der Waals surface area contributed by atoms with Gasteiger partial charge in [-0.1, -0.05) is 0 Å². The summed E-state index contributed by atoms with van der Waals surface area (Å²) in [5.41, 5.74) is 7.16. The zero-order valence-corrected chi connectivity index (χ0v) is 15.7. The number of aryl methyl sites for hydroxylation is 1. The van der Waals surface area contributed by atoms with Crippen LogP contribution in [0, 0.1) is 0 Å². The van der Waals surface area contributed by atoms with Crippen molar-refractivity contribution < 1.29 is 14.4 Å². The number of nitrogens with two attached hydrogens (primary N) is 1. The van der Waals surface area contributed by atoms with Crippen LogP contribution in [0.1, 0.15) is 47.4 Å². The molecule has 0 atom stereocenters. The molecule has 2 fully saturated rings. The zero-order valence-electron chi connectivity index (χ0n) is 15.7. The predicted octanol–water partition coefficient (Wildman–Crippen LogP) is 0.436. The van der Waals surface area contributed by atoms with Gasteiger partial charge < -0.3 is 15.5 Å². The lowest BCUT2D eigenvalue weighted by molar-refractivity contribution is -0.134. The van der Waals surface area contributed by atoms with Gasteiger partial charge in [-0.05, 0) is 38.5 Å². The summed E-state index contributed by atoms with van der Waals surface area (Å²) in [5.74, 6) is -0.221. The standard InChI is InChI=1S/C18H24N6O3/c1-22-15(26)18(23(2)17(22)27)7-9-24(10-8-18)14(25)13-11-5-3-4-6-12(11)20-16(19)21-13/h3-10H2,1-2H3,(H2,19,20,21). The van der Waals surface area contributed by atoms with Crippen LogP contribution in [-0.4, -0.2) is 75.2 Å². The third kappa shape index (κ3) is 2.55. The highest BCUT2D eigenvalue weighted by atomic mass is 16.2. The molecule has 1 spiro atoms. The number of aromatic nitrogens is 2. The van der Waals surface area contributed by atoms with Crippen LogP contribution in [0.15, 0.2) is 0 Å². The number of nitrogen functional groups attached to an aromatic ring is 1. The van der Waals surface area contributed by atoms with E-state index >= 15 is 0 Å². The average molecular weight is 372 g/mol. The fourth-order valence-electron chi connectivity index (χ4n) is 4.52. The minimum atomic E-state index is -0.841. The molecule has 9 heteroatoms. The molecule has 9 nitrogen and oxygen atoms in total. The van der Waals surface area contributed by atoms with Crippen LogP contribution in [0.4, 0.5) is 10.7 Å². The number of rotatable bonds is 1. The van der Waals surface area contributed by atoms with Crippen molar-refractivity contribution in [3.8, 4) is 0 Å². The normalized spacial score (nSPS) is 21.8. The number of carbonyl (C=O) groups is 3. The monoisotopic (exact) mass is 372 g/mol. The van der Waals surface area contributed by atoms with E-state index in [4.69, 9.17) is 5.73 Å². The van der Waals surface area contributed by atoms with Crippen LogP contribution in [0.3, 0.4) is 0 Å². The summed E-state index contributed by atoms with van der Waals surface area (Å²) in [4.78, 5) is 50.8. The Morgan fingerprint density at radius 3 is 2.37 bits per heavy atom. The number of hydrogen-bond acceptors (Lipinski definition) is 6. The van der Waals surface area contributed by atoms with Crippen LogP contribution in [-0.2, 0) is 17.6 Å². The van der Waals surface area contributed by atoms with Crippen molar-refractivity contribution in [2.24, 2.45) is 0 Å². The summed E-state index contributed by atoms with van der Waals surface area (Å²) in [6.45, 7) is 0.795. The summed E-state index contributed by atoms with van der Waals surface area (Å²) < 4.78 is 0. The van der Waals surface area contributed by atoms with Gasteiger partial charge in [0.1, 0.15) is 11.2 Å². The van der Waals surface area contributed by atoms with Gasteiger partial charge in [0.05, 0.1) is 0 Å². The Labute approximate surface area is 157 Å². The summed E-state index contributed by atoms with van der Waals surface area (Å²) in [6.07, 6.45) is 4.50. The summed E-state index contributed by atoms with van der Waals surface area (Å²) in [7, 11) is 3.16. The van der Waals surface area contributed by atoms with E-state index in [9.17, 15) is 14.4 Å². The molecular weight excluding hydrogens is 348 g/mol. The number of nitrogens with zero attached hydrogens (tertiary/aromatic N) is 5. The van der Waals surface area contributed by atoms with Crippen LogP contribution < -0.4 is 5.73 Å². The number of piperidine rings is 1. The third-order valence-corrected chi connectivity index (χ3v) is 6.20. The maximum Gasteiger partial charge on any atom is 0.327 e. The van der Waals surface area contributed by atoms with E-state index < -0.39 is 5.54 Å². The number of imide groups is 1. The molecule has 4 rings (SSSR count). The van der Waals surface area contributed by atoms with Crippen LogP contribution in [0.5, 0.6) is 0 Å². The lowest BCUT2D eigenvalue weighted by atomic mass is 9.86. The zero-order chi connectivity index (χ0) is 19.3. The Hall–Kier alpha value is -2.71. The molecule has 0 aromatic carbocycles. The molecule has 3 aliphatic rings. The van der Waals surface area contributed by atoms with Crippen LogP contribution in [0.25, 0.3) is 0 Å². The number of amides is 4. The lowest BCUT2D eigenvalue weighted by Crippen LogP contribution is -2.56.